The summed E-state index contributed by atoms with van der Waals surface area (Å²) in [5.41, 5.74) is 13.9. The predicted molar refractivity (Wildman–Crippen MR) is 383 cm³/mol. The van der Waals surface area contributed by atoms with E-state index in [0.717, 1.165) is 51.4 Å². The maximum atomic E-state index is 15.6. The van der Waals surface area contributed by atoms with E-state index in [0.29, 0.717) is 72.9 Å². The highest BCUT2D eigenvalue weighted by atomic mass is 19.1. The minimum Gasteiger partial charge on any atom is -0.508 e. The van der Waals surface area contributed by atoms with Crippen molar-refractivity contribution >= 4 is 86.8 Å². The number of aliphatic carboxylic acids is 1. The van der Waals surface area contributed by atoms with Crippen LogP contribution in [0.5, 0.6) is 5.75 Å². The largest absolute Gasteiger partial charge is 0.508 e. The van der Waals surface area contributed by atoms with Crippen LogP contribution in [-0.2, 0) is 85.0 Å². The van der Waals surface area contributed by atoms with E-state index in [-0.39, 0.29) is 93.0 Å². The van der Waals surface area contributed by atoms with Gasteiger partial charge in [-0.05, 0) is 136 Å². The molecule has 1 aliphatic carbocycles. The number of phenolic OH excluding ortho intramolecular Hbond substituents is 1. The van der Waals surface area contributed by atoms with Crippen LogP contribution in [0.3, 0.4) is 0 Å². The Bertz CT molecular complexity index is 4100. The molecule has 9 atom stereocenters. The number of carbonyl (C=O) groups excluding carboxylic acids is 10. The first-order chi connectivity index (χ1) is 51.0. The molecule has 570 valence electrons. The number of carboxylic acid groups (broad SMARTS) is 1. The van der Waals surface area contributed by atoms with Crippen molar-refractivity contribution in [3.63, 3.8) is 0 Å². The smallest absolute Gasteiger partial charge is 0.305 e. The molecule has 4 aliphatic rings. The fourth-order valence-corrected chi connectivity index (χ4v) is 14.6. The molecule has 10 rings (SSSR count). The van der Waals surface area contributed by atoms with E-state index >= 15 is 28.4 Å². The summed E-state index contributed by atoms with van der Waals surface area (Å²) in [5, 5.41) is 54.7. The van der Waals surface area contributed by atoms with Crippen molar-refractivity contribution in [2.45, 2.75) is 208 Å². The second-order valence-electron chi connectivity index (χ2n) is 28.0. The minimum atomic E-state index is -2.02. The van der Waals surface area contributed by atoms with Gasteiger partial charge in [-0.15, -0.1) is 5.10 Å². The highest BCUT2D eigenvalue weighted by molar-refractivity contribution is 6.00. The van der Waals surface area contributed by atoms with Gasteiger partial charge in [0, 0.05) is 111 Å². The molecule has 0 spiro atoms. The van der Waals surface area contributed by atoms with E-state index in [4.69, 9.17) is 11.5 Å². The molecule has 17 N–H and O–H groups in total. The lowest BCUT2D eigenvalue weighted by Crippen LogP contribution is -2.61. The Balaban J connectivity index is 1.01. The SMILES string of the molecule is NCCCC[C@@H]1NC(=O)CCCCn2cc(nn2)C[C@@H](C(N)=O)NC(=O)[C@@H]2CCCN2C(=O)[C@H](Cc2ccc(O)cc2)NC(=O)[C@H](CC2CNCN2C2CCCCCCCC2)NC(=O)[C@H](CC(=O)O)NC(=O)[C@H](Cc2c[nH]c3ccc(F)cc23)NC(=O)[C@H](Cc2c[nH]c3ccc(F)cc23)NC(=O)CNC1=O. The van der Waals surface area contributed by atoms with Crippen LogP contribution in [0.4, 0.5) is 8.78 Å². The van der Waals surface area contributed by atoms with Crippen LogP contribution in [0.1, 0.15) is 138 Å². The summed E-state index contributed by atoms with van der Waals surface area (Å²) in [4.78, 5) is 169. The van der Waals surface area contributed by atoms with E-state index in [2.05, 4.69) is 73.0 Å². The van der Waals surface area contributed by atoms with Gasteiger partial charge in [-0.25, -0.2) is 8.78 Å². The third-order valence-corrected chi connectivity index (χ3v) is 20.2. The number of amides is 10. The van der Waals surface area contributed by atoms with Crippen molar-refractivity contribution in [2.75, 3.05) is 32.8 Å². The van der Waals surface area contributed by atoms with E-state index in [1.807, 2.05) is 0 Å². The Hall–Kier alpha value is -10.4. The number of aromatic nitrogens is 5. The number of aryl methyl sites for hydroxylation is 1. The van der Waals surface area contributed by atoms with Crippen molar-refractivity contribution < 1.29 is 71.7 Å². The van der Waals surface area contributed by atoms with Gasteiger partial charge in [0.15, 0.2) is 0 Å². The standard InChI is InChI=1S/C73H96F2N18O13/c74-45-19-23-53-51(31-45)43(36-79-53)29-57-68(101)85-58(30-44-37-80-54-24-20-46(75)32-52(44)54)69(102)87-60(35-65(97)98)71(104)86-59(34-49-38-78-41-93(49)48-12-5-3-1-2-4-6-13-48)70(103)88-61(28-42-17-21-50(94)22-18-42)73(106)92-27-11-15-62(92)72(105)84-56(66(77)99)33-47-40-91(90-89-47)26-10-8-16-63(95)82-55(14-7-9-25-76)67(100)81-39-64(96)83-57/h17-24,31-32,36-37,40,48-49,55-62,78-80,94H,1-16,25-30,33-35,38-39,41,76H2,(H2,77,99)(H,81,100)(H,82,95)(H,83,96)(H,84,105)(H,85,101)(H,86,104)(H,87,102)(H,88,103)(H,97,98)/t49?,55-,56-,57-,58-,59-,60-,61-,62-/m0/s1. The Morgan fingerprint density at radius 1 is 0.604 bits per heavy atom. The first-order valence-corrected chi connectivity index (χ1v) is 36.6. The van der Waals surface area contributed by atoms with Crippen LogP contribution in [0.25, 0.3) is 21.8 Å². The number of hydrogen-bond donors (Lipinski definition) is 15. The maximum absolute atomic E-state index is 15.6. The van der Waals surface area contributed by atoms with Crippen molar-refractivity contribution in [1.29, 1.82) is 0 Å². The van der Waals surface area contributed by atoms with Crippen molar-refractivity contribution in [1.82, 2.24) is 82.6 Å². The number of aromatic hydroxyl groups is 1. The number of halogens is 2. The van der Waals surface area contributed by atoms with Gasteiger partial charge in [-0.2, -0.15) is 0 Å². The normalized spacial score (nSPS) is 24.3. The Morgan fingerprint density at radius 2 is 1.21 bits per heavy atom. The van der Waals surface area contributed by atoms with Gasteiger partial charge in [0.1, 0.15) is 65.7 Å². The second kappa shape index (κ2) is 37.5. The zero-order valence-electron chi connectivity index (χ0n) is 59.1. The van der Waals surface area contributed by atoms with Gasteiger partial charge in [-0.1, -0.05) is 55.9 Å². The summed E-state index contributed by atoms with van der Waals surface area (Å²) in [7, 11) is 0. The number of fused-ring (bicyclic) bond motifs is 5. The molecular weight excluding hydrogens is 1370 g/mol. The number of benzene rings is 3. The first-order valence-electron chi connectivity index (χ1n) is 36.6. The Kier molecular flexibility index (Phi) is 27.7. The number of carboxylic acids is 1. The van der Waals surface area contributed by atoms with Gasteiger partial charge < -0.3 is 84.4 Å². The van der Waals surface area contributed by atoms with Crippen LogP contribution in [0.15, 0.2) is 79.3 Å². The molecule has 106 heavy (non-hydrogen) atoms. The number of nitrogens with zero attached hydrogens (tertiary/aromatic N) is 5. The van der Waals surface area contributed by atoms with Gasteiger partial charge in [-0.3, -0.25) is 62.3 Å². The summed E-state index contributed by atoms with van der Waals surface area (Å²) < 4.78 is 31.5. The molecule has 2 bridgehead atoms. The summed E-state index contributed by atoms with van der Waals surface area (Å²) >= 11 is 0. The molecule has 31 nitrogen and oxygen atoms in total. The zero-order chi connectivity index (χ0) is 75.4. The fourth-order valence-electron chi connectivity index (χ4n) is 14.6. The fraction of sp³-hybridized carbons (Fsp3) is 0.521. The summed E-state index contributed by atoms with van der Waals surface area (Å²) in [6, 6.07) is 1.03. The molecule has 3 fully saturated rings. The lowest BCUT2D eigenvalue weighted by Gasteiger charge is -2.35. The summed E-state index contributed by atoms with van der Waals surface area (Å²) in [6.07, 6.45) is 12.0. The van der Waals surface area contributed by atoms with Crippen LogP contribution in [0.2, 0.25) is 0 Å². The molecule has 6 aromatic rings. The zero-order valence-corrected chi connectivity index (χ0v) is 59.1. The van der Waals surface area contributed by atoms with Crippen molar-refractivity contribution in [3.8, 4) is 5.75 Å². The number of nitrogens with one attached hydrogen (secondary N) is 11. The molecule has 2 saturated heterocycles. The molecule has 1 unspecified atom stereocenters. The maximum Gasteiger partial charge on any atom is 0.305 e. The van der Waals surface area contributed by atoms with Crippen molar-refractivity contribution in [3.05, 3.63) is 113 Å². The number of unbranched alkanes of at least 4 members (excludes halogenated alkanes) is 1. The van der Waals surface area contributed by atoms with Gasteiger partial charge in [0.25, 0.3) is 0 Å². The molecule has 1 saturated carbocycles. The third-order valence-electron chi connectivity index (χ3n) is 20.2. The number of hydrogen-bond acceptors (Lipinski definition) is 17. The molecule has 6 heterocycles. The molecule has 3 aromatic carbocycles. The van der Waals surface area contributed by atoms with Gasteiger partial charge in [0.2, 0.25) is 59.1 Å². The Labute approximate surface area is 610 Å². The third kappa shape index (κ3) is 21.6. The molecule has 3 aliphatic heterocycles. The molecule has 3 aromatic heterocycles. The number of nitrogens with two attached hydrogens (primary N) is 2. The number of carbonyl (C=O) groups is 11. The Morgan fingerprint density at radius 3 is 1.86 bits per heavy atom. The number of phenols is 1. The molecule has 0 radical (unpaired) electrons. The van der Waals surface area contributed by atoms with E-state index in [1.165, 1.54) is 82.6 Å². The second-order valence-corrected chi connectivity index (χ2v) is 28.0. The average molecular weight is 1470 g/mol. The van der Waals surface area contributed by atoms with Gasteiger partial charge >= 0.3 is 5.97 Å². The monoisotopic (exact) mass is 1470 g/mol. The topological polar surface area (TPSA) is 457 Å². The van der Waals surface area contributed by atoms with Gasteiger partial charge in [0.05, 0.1) is 18.7 Å². The average Bonchev–Trinajstić information content (AvgIpc) is 1.64. The highest BCUT2D eigenvalue weighted by Crippen LogP contribution is 2.28. The van der Waals surface area contributed by atoms with E-state index < -0.39 is 150 Å². The number of aromatic amines is 2. The summed E-state index contributed by atoms with van der Waals surface area (Å²) in [6.45, 7) is 0.599. The molecule has 10 amide bonds. The van der Waals surface area contributed by atoms with E-state index in [1.54, 1.807) is 6.20 Å². The number of primary amides is 1. The van der Waals surface area contributed by atoms with Crippen LogP contribution in [-0.4, -0.2) is 203 Å². The lowest BCUT2D eigenvalue weighted by atomic mass is 9.98. The molecule has 33 heteroatoms. The summed E-state index contributed by atoms with van der Waals surface area (Å²) in [5.74, 6) is -11.8. The van der Waals surface area contributed by atoms with Crippen molar-refractivity contribution in [2.24, 2.45) is 11.5 Å². The predicted octanol–water partition coefficient (Wildman–Crippen LogP) is 1.39. The minimum absolute atomic E-state index is 0.0286. The highest BCUT2D eigenvalue weighted by Gasteiger charge is 2.42. The van der Waals surface area contributed by atoms with Crippen LogP contribution >= 0.6 is 0 Å². The quantitative estimate of drug-likeness (QED) is 0.0609. The number of rotatable bonds is 16. The lowest BCUT2D eigenvalue weighted by molar-refractivity contribution is -0.143. The van der Waals surface area contributed by atoms with Crippen LogP contribution in [0, 0.1) is 11.6 Å². The van der Waals surface area contributed by atoms with E-state index in [9.17, 15) is 43.4 Å². The number of H-pyrrole nitrogens is 2. The van der Waals surface area contributed by atoms with Crippen LogP contribution < -0.4 is 59.3 Å². The first kappa shape index (κ1) is 78.2. The molecular formula is C73H96F2N18O13.